The molecule has 0 fully saturated rings. The van der Waals surface area contributed by atoms with Gasteiger partial charge >= 0.3 is 12.1 Å². The lowest BCUT2D eigenvalue weighted by atomic mass is 10.0. The summed E-state index contributed by atoms with van der Waals surface area (Å²) < 4.78 is 66.9. The molecule has 108 valence electrons. The third kappa shape index (κ3) is 3.63. The summed E-state index contributed by atoms with van der Waals surface area (Å²) in [6, 6.07) is 4.86. The summed E-state index contributed by atoms with van der Waals surface area (Å²) in [6.45, 7) is 0.403. The summed E-state index contributed by atoms with van der Waals surface area (Å²) in [6.07, 6.45) is -8.20. The zero-order valence-electron chi connectivity index (χ0n) is 10.0. The van der Waals surface area contributed by atoms with E-state index in [1.807, 2.05) is 0 Å². The van der Waals surface area contributed by atoms with Gasteiger partial charge in [0.1, 0.15) is 0 Å². The van der Waals surface area contributed by atoms with E-state index in [0.29, 0.717) is 18.6 Å². The minimum Gasteiger partial charge on any atom is -0.384 e. The van der Waals surface area contributed by atoms with Crippen LogP contribution in [0.5, 0.6) is 0 Å². The van der Waals surface area contributed by atoms with Crippen molar-refractivity contribution < 1.29 is 31.8 Å². The molecule has 1 unspecified atom stereocenters. The zero-order valence-corrected chi connectivity index (χ0v) is 10.0. The van der Waals surface area contributed by atoms with Crippen LogP contribution in [0.3, 0.4) is 0 Å². The topological polar surface area (TPSA) is 29.5 Å². The smallest absolute Gasteiger partial charge is 0.384 e. The molecule has 0 aliphatic rings. The lowest BCUT2D eigenvalue weighted by Crippen LogP contribution is -2.42. The van der Waals surface area contributed by atoms with Gasteiger partial charge in [-0.05, 0) is 17.5 Å². The van der Waals surface area contributed by atoms with E-state index in [1.165, 1.54) is 19.2 Å². The maximum Gasteiger partial charge on any atom is 0.456 e. The predicted octanol–water partition coefficient (Wildman–Crippen LogP) is 3.11. The highest BCUT2D eigenvalue weighted by atomic mass is 19.4. The number of hydrogen-bond acceptors (Lipinski definition) is 2. The Morgan fingerprint density at radius 1 is 1.11 bits per heavy atom. The van der Waals surface area contributed by atoms with E-state index >= 15 is 0 Å². The Labute approximate surface area is 106 Å². The first-order valence-corrected chi connectivity index (χ1v) is 5.40. The van der Waals surface area contributed by atoms with Gasteiger partial charge in [0, 0.05) is 7.11 Å². The molecule has 7 heteroatoms. The molecule has 2 nitrogen and oxygen atoms in total. The van der Waals surface area contributed by atoms with E-state index in [9.17, 15) is 22.0 Å². The SMILES string of the molecule is COCCc1ccc(C(O)C(F)(F)C(F)(F)F)cc1. The average molecular weight is 284 g/mol. The van der Waals surface area contributed by atoms with E-state index in [2.05, 4.69) is 0 Å². The maximum atomic E-state index is 12.9. The van der Waals surface area contributed by atoms with Crippen molar-refractivity contribution in [3.05, 3.63) is 35.4 Å². The lowest BCUT2D eigenvalue weighted by molar-refractivity contribution is -0.315. The van der Waals surface area contributed by atoms with Gasteiger partial charge < -0.3 is 9.84 Å². The molecule has 0 saturated heterocycles. The number of ether oxygens (including phenoxy) is 1. The van der Waals surface area contributed by atoms with Crippen LogP contribution in [0.2, 0.25) is 0 Å². The molecule has 19 heavy (non-hydrogen) atoms. The summed E-state index contributed by atoms with van der Waals surface area (Å²) in [5.41, 5.74) is 0.233. The van der Waals surface area contributed by atoms with Crippen LogP contribution in [-0.2, 0) is 11.2 Å². The highest BCUT2D eigenvalue weighted by Crippen LogP contribution is 2.44. The van der Waals surface area contributed by atoms with Crippen LogP contribution in [0.4, 0.5) is 22.0 Å². The van der Waals surface area contributed by atoms with Gasteiger partial charge in [0.25, 0.3) is 0 Å². The van der Waals surface area contributed by atoms with Crippen molar-refractivity contribution in [2.24, 2.45) is 0 Å². The Balaban J connectivity index is 2.86. The molecule has 1 aromatic rings. The summed E-state index contributed by atoms with van der Waals surface area (Å²) >= 11 is 0. The Hall–Kier alpha value is -1.21. The lowest BCUT2D eigenvalue weighted by Gasteiger charge is -2.25. The Morgan fingerprint density at radius 3 is 2.05 bits per heavy atom. The molecule has 0 heterocycles. The van der Waals surface area contributed by atoms with Crippen molar-refractivity contribution in [2.75, 3.05) is 13.7 Å². The molecule has 0 saturated carbocycles. The Bertz CT molecular complexity index is 400. The van der Waals surface area contributed by atoms with Crippen molar-refractivity contribution in [3.8, 4) is 0 Å². The number of alkyl halides is 5. The third-order valence-electron chi connectivity index (χ3n) is 2.61. The molecule has 0 aliphatic carbocycles. The molecule has 0 amide bonds. The summed E-state index contributed by atoms with van der Waals surface area (Å²) in [7, 11) is 1.49. The van der Waals surface area contributed by atoms with Crippen molar-refractivity contribution in [1.82, 2.24) is 0 Å². The highest BCUT2D eigenvalue weighted by Gasteiger charge is 2.62. The molecule has 0 spiro atoms. The summed E-state index contributed by atoms with van der Waals surface area (Å²) in [5, 5.41) is 9.16. The van der Waals surface area contributed by atoms with Gasteiger partial charge in [-0.2, -0.15) is 22.0 Å². The molecule has 1 rings (SSSR count). The average Bonchev–Trinajstić information content (AvgIpc) is 2.34. The second-order valence-electron chi connectivity index (χ2n) is 4.01. The fourth-order valence-corrected chi connectivity index (χ4v) is 1.45. The minimum atomic E-state index is -5.79. The minimum absolute atomic E-state index is 0.403. The predicted molar refractivity (Wildman–Crippen MR) is 58.0 cm³/mol. The van der Waals surface area contributed by atoms with E-state index in [-0.39, 0.29) is 0 Å². The first-order chi connectivity index (χ1) is 8.70. The molecular formula is C12H13F5O2. The number of halogens is 5. The highest BCUT2D eigenvalue weighted by molar-refractivity contribution is 5.26. The van der Waals surface area contributed by atoms with Gasteiger partial charge in [0.2, 0.25) is 0 Å². The van der Waals surface area contributed by atoms with Gasteiger partial charge in [0.05, 0.1) is 6.61 Å². The largest absolute Gasteiger partial charge is 0.456 e. The third-order valence-corrected chi connectivity index (χ3v) is 2.61. The van der Waals surface area contributed by atoms with Crippen LogP contribution >= 0.6 is 0 Å². The monoisotopic (exact) mass is 284 g/mol. The Kier molecular flexibility index (Phi) is 4.86. The van der Waals surface area contributed by atoms with Crippen molar-refractivity contribution in [2.45, 2.75) is 24.6 Å². The quantitative estimate of drug-likeness (QED) is 0.842. The number of rotatable bonds is 5. The van der Waals surface area contributed by atoms with Crippen molar-refractivity contribution in [1.29, 1.82) is 0 Å². The van der Waals surface area contributed by atoms with Crippen molar-refractivity contribution >= 4 is 0 Å². The second-order valence-corrected chi connectivity index (χ2v) is 4.01. The van der Waals surface area contributed by atoms with Gasteiger partial charge in [-0.1, -0.05) is 24.3 Å². The molecular weight excluding hydrogens is 271 g/mol. The number of benzene rings is 1. The first-order valence-electron chi connectivity index (χ1n) is 5.40. The van der Waals surface area contributed by atoms with E-state index < -0.39 is 23.8 Å². The van der Waals surface area contributed by atoms with Crippen LogP contribution in [-0.4, -0.2) is 30.9 Å². The molecule has 0 bridgehead atoms. The van der Waals surface area contributed by atoms with Crippen molar-refractivity contribution in [3.63, 3.8) is 0 Å². The van der Waals surface area contributed by atoms with E-state index in [1.54, 1.807) is 0 Å². The molecule has 1 N–H and O–H groups in total. The molecule has 0 aliphatic heterocycles. The van der Waals surface area contributed by atoms with Crippen LogP contribution in [0.15, 0.2) is 24.3 Å². The number of hydrogen-bond donors (Lipinski definition) is 1. The van der Waals surface area contributed by atoms with E-state index in [4.69, 9.17) is 9.84 Å². The number of methoxy groups -OCH3 is 1. The fourth-order valence-electron chi connectivity index (χ4n) is 1.45. The summed E-state index contributed by atoms with van der Waals surface area (Å²) in [4.78, 5) is 0. The van der Waals surface area contributed by atoms with Gasteiger partial charge in [-0.25, -0.2) is 0 Å². The van der Waals surface area contributed by atoms with Crippen LogP contribution in [0, 0.1) is 0 Å². The van der Waals surface area contributed by atoms with E-state index in [0.717, 1.165) is 12.1 Å². The number of aliphatic hydroxyl groups is 1. The van der Waals surface area contributed by atoms with Crippen LogP contribution in [0.25, 0.3) is 0 Å². The molecule has 0 radical (unpaired) electrons. The zero-order chi connectivity index (χ0) is 14.7. The normalized spacial score (nSPS) is 14.5. The molecule has 1 aromatic carbocycles. The molecule has 0 aromatic heterocycles. The summed E-state index contributed by atoms with van der Waals surface area (Å²) in [5.74, 6) is -5.18. The fraction of sp³-hybridized carbons (Fsp3) is 0.500. The second kappa shape index (κ2) is 5.83. The van der Waals surface area contributed by atoms with Crippen LogP contribution in [0.1, 0.15) is 17.2 Å². The maximum absolute atomic E-state index is 12.9. The van der Waals surface area contributed by atoms with Gasteiger partial charge in [-0.15, -0.1) is 0 Å². The van der Waals surface area contributed by atoms with Gasteiger partial charge in [0.15, 0.2) is 6.10 Å². The first kappa shape index (κ1) is 15.8. The Morgan fingerprint density at radius 2 is 1.63 bits per heavy atom. The van der Waals surface area contributed by atoms with Gasteiger partial charge in [-0.3, -0.25) is 0 Å². The standard InChI is InChI=1S/C12H13F5O2/c1-19-7-6-8-2-4-9(5-3-8)10(18)11(13,14)12(15,16)17/h2-5,10,18H,6-7H2,1H3. The molecule has 1 atom stereocenters. The van der Waals surface area contributed by atoms with Crippen LogP contribution < -0.4 is 0 Å². The number of aliphatic hydroxyl groups excluding tert-OH is 1.